The summed E-state index contributed by atoms with van der Waals surface area (Å²) in [7, 11) is 0. The largest absolute Gasteiger partial charge is 0.347 e. The molecule has 0 saturated carbocycles. The van der Waals surface area contributed by atoms with Crippen molar-refractivity contribution in [3.63, 3.8) is 0 Å². The average Bonchev–Trinajstić information content (AvgIpc) is 3.05. The normalized spacial score (nSPS) is 20.1. The van der Waals surface area contributed by atoms with E-state index < -0.39 is 0 Å². The molecule has 2 amide bonds. The van der Waals surface area contributed by atoms with Gasteiger partial charge in [0.05, 0.1) is 12.6 Å². The van der Waals surface area contributed by atoms with E-state index in [0.717, 1.165) is 37.2 Å². The van der Waals surface area contributed by atoms with E-state index in [2.05, 4.69) is 10.3 Å². The van der Waals surface area contributed by atoms with Gasteiger partial charge in [0, 0.05) is 24.0 Å². The molecule has 1 aromatic rings. The summed E-state index contributed by atoms with van der Waals surface area (Å²) < 4.78 is 0. The first kappa shape index (κ1) is 15.9. The fourth-order valence-electron chi connectivity index (χ4n) is 2.51. The monoisotopic (exact) mass is 309 g/mol. The molecule has 5 nitrogen and oxygen atoms in total. The molecule has 1 aliphatic rings. The SMILES string of the molecule is CCC(C)C(=O)NCC(=O)N1CCCCC1c1nccs1. The van der Waals surface area contributed by atoms with Gasteiger partial charge in [-0.3, -0.25) is 9.59 Å². The van der Waals surface area contributed by atoms with Gasteiger partial charge in [-0.25, -0.2) is 4.98 Å². The van der Waals surface area contributed by atoms with Crippen LogP contribution in [0.25, 0.3) is 0 Å². The van der Waals surface area contributed by atoms with Crippen molar-refractivity contribution in [3.8, 4) is 0 Å². The Morgan fingerprint density at radius 2 is 2.33 bits per heavy atom. The van der Waals surface area contributed by atoms with Crippen LogP contribution < -0.4 is 5.32 Å². The summed E-state index contributed by atoms with van der Waals surface area (Å²) in [6, 6.07) is 0.0757. The summed E-state index contributed by atoms with van der Waals surface area (Å²) in [6.45, 7) is 4.68. The topological polar surface area (TPSA) is 62.3 Å². The van der Waals surface area contributed by atoms with Crippen molar-refractivity contribution >= 4 is 23.2 Å². The van der Waals surface area contributed by atoms with E-state index in [-0.39, 0.29) is 30.3 Å². The van der Waals surface area contributed by atoms with E-state index >= 15 is 0 Å². The molecule has 21 heavy (non-hydrogen) atoms. The quantitative estimate of drug-likeness (QED) is 0.908. The van der Waals surface area contributed by atoms with Gasteiger partial charge in [-0.1, -0.05) is 13.8 Å². The molecule has 1 fully saturated rings. The molecule has 2 rings (SSSR count). The van der Waals surface area contributed by atoms with E-state index in [0.29, 0.717) is 0 Å². The predicted molar refractivity (Wildman–Crippen MR) is 82.9 cm³/mol. The lowest BCUT2D eigenvalue weighted by Gasteiger charge is -2.34. The third-order valence-corrected chi connectivity index (χ3v) is 4.91. The first-order valence-corrected chi connectivity index (χ1v) is 8.48. The van der Waals surface area contributed by atoms with Crippen molar-refractivity contribution in [2.45, 2.75) is 45.6 Å². The van der Waals surface area contributed by atoms with Gasteiger partial charge in [-0.15, -0.1) is 11.3 Å². The van der Waals surface area contributed by atoms with Crippen LogP contribution in [0.4, 0.5) is 0 Å². The van der Waals surface area contributed by atoms with Crippen LogP contribution in [0.15, 0.2) is 11.6 Å². The van der Waals surface area contributed by atoms with Crippen LogP contribution in [0.5, 0.6) is 0 Å². The molecule has 2 heterocycles. The molecule has 2 atom stereocenters. The Morgan fingerprint density at radius 1 is 1.52 bits per heavy atom. The molecule has 1 aromatic heterocycles. The molecule has 2 unspecified atom stereocenters. The fourth-order valence-corrected chi connectivity index (χ4v) is 3.29. The van der Waals surface area contributed by atoms with E-state index in [4.69, 9.17) is 0 Å². The van der Waals surface area contributed by atoms with Gasteiger partial charge in [-0.2, -0.15) is 0 Å². The van der Waals surface area contributed by atoms with E-state index in [1.165, 1.54) is 0 Å². The van der Waals surface area contributed by atoms with Crippen molar-refractivity contribution in [1.82, 2.24) is 15.2 Å². The lowest BCUT2D eigenvalue weighted by atomic mass is 10.0. The molecule has 0 aliphatic carbocycles. The molecule has 0 radical (unpaired) electrons. The van der Waals surface area contributed by atoms with Crippen LogP contribution in [0.1, 0.15) is 50.6 Å². The van der Waals surface area contributed by atoms with Crippen molar-refractivity contribution in [3.05, 3.63) is 16.6 Å². The molecule has 1 saturated heterocycles. The van der Waals surface area contributed by atoms with Crippen LogP contribution in [-0.2, 0) is 9.59 Å². The molecule has 116 valence electrons. The van der Waals surface area contributed by atoms with E-state index in [1.54, 1.807) is 17.5 Å². The molecule has 0 aromatic carbocycles. The van der Waals surface area contributed by atoms with Crippen LogP contribution in [0.2, 0.25) is 0 Å². The Labute approximate surface area is 129 Å². The number of thiazole rings is 1. The maximum absolute atomic E-state index is 12.4. The summed E-state index contributed by atoms with van der Waals surface area (Å²) in [6.07, 6.45) is 5.66. The number of hydrogen-bond donors (Lipinski definition) is 1. The minimum absolute atomic E-state index is 0.00782. The van der Waals surface area contributed by atoms with Crippen molar-refractivity contribution in [2.24, 2.45) is 5.92 Å². The molecule has 0 spiro atoms. The second kappa shape index (κ2) is 7.54. The zero-order valence-electron chi connectivity index (χ0n) is 12.7. The zero-order valence-corrected chi connectivity index (χ0v) is 13.5. The van der Waals surface area contributed by atoms with Gasteiger partial charge >= 0.3 is 0 Å². The maximum Gasteiger partial charge on any atom is 0.242 e. The number of nitrogens with one attached hydrogen (secondary N) is 1. The van der Waals surface area contributed by atoms with Gasteiger partial charge in [-0.05, 0) is 25.7 Å². The van der Waals surface area contributed by atoms with Crippen molar-refractivity contribution in [2.75, 3.05) is 13.1 Å². The molecule has 6 heteroatoms. The lowest BCUT2D eigenvalue weighted by Crippen LogP contribution is -2.45. The maximum atomic E-state index is 12.4. The van der Waals surface area contributed by atoms with Gasteiger partial charge in [0.25, 0.3) is 0 Å². The van der Waals surface area contributed by atoms with Gasteiger partial charge in [0.2, 0.25) is 11.8 Å². The van der Waals surface area contributed by atoms with E-state index in [1.807, 2.05) is 24.1 Å². The van der Waals surface area contributed by atoms with Crippen molar-refractivity contribution < 1.29 is 9.59 Å². The van der Waals surface area contributed by atoms with Crippen LogP contribution >= 0.6 is 11.3 Å². The minimum atomic E-state index is -0.0475. The summed E-state index contributed by atoms with van der Waals surface area (Å²) in [5, 5.41) is 5.69. The number of amides is 2. The van der Waals surface area contributed by atoms with Gasteiger partial charge < -0.3 is 10.2 Å². The number of aromatic nitrogens is 1. The predicted octanol–water partition coefficient (Wildman–Crippen LogP) is 2.36. The molecular formula is C15H23N3O2S. The van der Waals surface area contributed by atoms with Crippen LogP contribution in [0.3, 0.4) is 0 Å². The van der Waals surface area contributed by atoms with Crippen LogP contribution in [0, 0.1) is 5.92 Å². The lowest BCUT2D eigenvalue weighted by molar-refractivity contribution is -0.136. The number of rotatable bonds is 5. The summed E-state index contributed by atoms with van der Waals surface area (Å²) in [4.78, 5) is 30.4. The second-order valence-electron chi connectivity index (χ2n) is 5.50. The second-order valence-corrected chi connectivity index (χ2v) is 6.42. The van der Waals surface area contributed by atoms with E-state index in [9.17, 15) is 9.59 Å². The average molecular weight is 309 g/mol. The Hall–Kier alpha value is -1.43. The molecule has 1 N–H and O–H groups in total. The number of carbonyl (C=O) groups is 2. The zero-order chi connectivity index (χ0) is 15.2. The Morgan fingerprint density at radius 3 is 3.00 bits per heavy atom. The number of carbonyl (C=O) groups excluding carboxylic acids is 2. The summed E-state index contributed by atoms with van der Waals surface area (Å²) in [5.74, 6) is -0.103. The highest BCUT2D eigenvalue weighted by Crippen LogP contribution is 2.31. The Kier molecular flexibility index (Phi) is 5.73. The summed E-state index contributed by atoms with van der Waals surface area (Å²) >= 11 is 1.59. The minimum Gasteiger partial charge on any atom is -0.347 e. The Balaban J connectivity index is 1.94. The Bertz CT molecular complexity index is 475. The molecular weight excluding hydrogens is 286 g/mol. The molecule has 0 bridgehead atoms. The number of likely N-dealkylation sites (tertiary alicyclic amines) is 1. The highest BCUT2D eigenvalue weighted by molar-refractivity contribution is 7.09. The molecule has 1 aliphatic heterocycles. The highest BCUT2D eigenvalue weighted by atomic mass is 32.1. The summed E-state index contributed by atoms with van der Waals surface area (Å²) in [5.41, 5.74) is 0. The highest BCUT2D eigenvalue weighted by Gasteiger charge is 2.29. The third-order valence-electron chi connectivity index (χ3n) is 4.03. The van der Waals surface area contributed by atoms with Gasteiger partial charge in [0.1, 0.15) is 5.01 Å². The van der Waals surface area contributed by atoms with Gasteiger partial charge in [0.15, 0.2) is 0 Å². The third kappa shape index (κ3) is 4.03. The van der Waals surface area contributed by atoms with Crippen LogP contribution in [-0.4, -0.2) is 34.8 Å². The smallest absolute Gasteiger partial charge is 0.242 e. The first-order valence-electron chi connectivity index (χ1n) is 7.60. The fraction of sp³-hybridized carbons (Fsp3) is 0.667. The standard InChI is InChI=1S/C15H23N3O2S/c1-3-11(2)14(20)17-10-13(19)18-8-5-4-6-12(18)15-16-7-9-21-15/h7,9,11-12H,3-6,8,10H2,1-2H3,(H,17,20). The number of nitrogens with zero attached hydrogens (tertiary/aromatic N) is 2. The first-order chi connectivity index (χ1) is 10.1. The van der Waals surface area contributed by atoms with Crippen molar-refractivity contribution in [1.29, 1.82) is 0 Å². The number of piperidine rings is 1. The number of hydrogen-bond acceptors (Lipinski definition) is 4.